The van der Waals surface area contributed by atoms with Gasteiger partial charge in [-0.15, -0.1) is 12.3 Å². The van der Waals surface area contributed by atoms with Crippen molar-refractivity contribution in [1.82, 2.24) is 5.32 Å². The van der Waals surface area contributed by atoms with Crippen molar-refractivity contribution in [3.8, 4) is 12.3 Å². The van der Waals surface area contributed by atoms with Crippen LogP contribution in [0.2, 0.25) is 0 Å². The van der Waals surface area contributed by atoms with Gasteiger partial charge in [0.1, 0.15) is 0 Å². The average Bonchev–Trinajstić information content (AvgIpc) is 3.46. The molecule has 0 saturated heterocycles. The molecule has 0 unspecified atom stereocenters. The smallest absolute Gasteiger partial charge is 0.261 e. The standard InChI is InChI=1S/C22H24N4O3S/c1-4-5-11-22(25-26-22)12-13-23-21(27)20-15-19(10-9-17(20)3)30(28,29)24-18-8-6-7-16(2)14-18/h1,6-10,14-15,24H,5,11-13H2,2-3H3,(H,23,27). The number of nitrogens with one attached hydrogen (secondary N) is 2. The number of amides is 1. The fourth-order valence-electron chi connectivity index (χ4n) is 3.08. The van der Waals surface area contributed by atoms with E-state index < -0.39 is 15.7 Å². The Morgan fingerprint density at radius 2 is 1.90 bits per heavy atom. The van der Waals surface area contributed by atoms with Crippen molar-refractivity contribution in [1.29, 1.82) is 0 Å². The lowest BCUT2D eigenvalue weighted by molar-refractivity contribution is 0.0951. The number of sulfonamides is 1. The van der Waals surface area contributed by atoms with E-state index in [1.54, 1.807) is 31.2 Å². The summed E-state index contributed by atoms with van der Waals surface area (Å²) in [6, 6.07) is 11.6. The molecule has 0 radical (unpaired) electrons. The number of carbonyl (C=O) groups excluding carboxylic acids is 1. The Labute approximate surface area is 177 Å². The van der Waals surface area contributed by atoms with Crippen LogP contribution in [0.15, 0.2) is 57.6 Å². The number of carbonyl (C=O) groups is 1. The lowest BCUT2D eigenvalue weighted by atomic mass is 10.0. The molecule has 1 heterocycles. The monoisotopic (exact) mass is 424 g/mol. The molecule has 0 bridgehead atoms. The molecule has 156 valence electrons. The molecule has 1 aliphatic heterocycles. The van der Waals surface area contributed by atoms with Gasteiger partial charge in [-0.1, -0.05) is 18.2 Å². The van der Waals surface area contributed by atoms with Gasteiger partial charge in [0.25, 0.3) is 15.9 Å². The number of hydrogen-bond donors (Lipinski definition) is 2. The summed E-state index contributed by atoms with van der Waals surface area (Å²) in [6.07, 6.45) is 7.08. The van der Waals surface area contributed by atoms with Crippen molar-refractivity contribution in [2.24, 2.45) is 10.2 Å². The minimum absolute atomic E-state index is 0.0254. The number of terminal acetylenes is 1. The van der Waals surface area contributed by atoms with Crippen LogP contribution < -0.4 is 10.0 Å². The minimum atomic E-state index is -3.83. The fraction of sp³-hybridized carbons (Fsp3) is 0.318. The Bertz CT molecular complexity index is 1130. The predicted octanol–water partition coefficient (Wildman–Crippen LogP) is 3.80. The van der Waals surface area contributed by atoms with Gasteiger partial charge in [-0.3, -0.25) is 9.52 Å². The molecule has 2 N–H and O–H groups in total. The second-order valence-corrected chi connectivity index (χ2v) is 9.03. The summed E-state index contributed by atoms with van der Waals surface area (Å²) < 4.78 is 28.1. The van der Waals surface area contributed by atoms with Crippen LogP contribution in [0.1, 0.15) is 40.7 Å². The van der Waals surface area contributed by atoms with Gasteiger partial charge in [-0.2, -0.15) is 10.2 Å². The number of nitrogens with zero attached hydrogens (tertiary/aromatic N) is 2. The zero-order valence-corrected chi connectivity index (χ0v) is 17.8. The highest BCUT2D eigenvalue weighted by atomic mass is 32.2. The van der Waals surface area contributed by atoms with Crippen molar-refractivity contribution >= 4 is 21.6 Å². The zero-order valence-electron chi connectivity index (χ0n) is 17.0. The topological polar surface area (TPSA) is 100.0 Å². The molecule has 2 aromatic carbocycles. The second-order valence-electron chi connectivity index (χ2n) is 7.34. The van der Waals surface area contributed by atoms with Crippen molar-refractivity contribution in [2.45, 2.75) is 43.7 Å². The molecule has 0 aromatic heterocycles. The molecule has 1 amide bonds. The molecule has 0 spiro atoms. The summed E-state index contributed by atoms with van der Waals surface area (Å²) in [7, 11) is -3.83. The summed E-state index contributed by atoms with van der Waals surface area (Å²) in [4.78, 5) is 12.7. The van der Waals surface area contributed by atoms with Gasteiger partial charge in [0.2, 0.25) is 0 Å². The Hall–Kier alpha value is -3.18. The Morgan fingerprint density at radius 1 is 1.13 bits per heavy atom. The molecule has 1 aliphatic rings. The highest BCUT2D eigenvalue weighted by Gasteiger charge is 2.38. The van der Waals surface area contributed by atoms with Gasteiger partial charge in [0.05, 0.1) is 4.90 Å². The molecule has 3 rings (SSSR count). The van der Waals surface area contributed by atoms with Gasteiger partial charge in [-0.05, 0) is 49.2 Å². The maximum Gasteiger partial charge on any atom is 0.261 e. The van der Waals surface area contributed by atoms with Crippen molar-refractivity contribution in [3.05, 3.63) is 59.2 Å². The first-order chi connectivity index (χ1) is 14.2. The van der Waals surface area contributed by atoms with Crippen molar-refractivity contribution in [2.75, 3.05) is 11.3 Å². The fourth-order valence-corrected chi connectivity index (χ4v) is 4.15. The summed E-state index contributed by atoms with van der Waals surface area (Å²) in [5.41, 5.74) is 1.93. The lowest BCUT2D eigenvalue weighted by Crippen LogP contribution is -2.29. The maximum absolute atomic E-state index is 12.8. The number of anilines is 1. The van der Waals surface area contributed by atoms with Crippen molar-refractivity contribution in [3.63, 3.8) is 0 Å². The van der Waals surface area contributed by atoms with E-state index in [4.69, 9.17) is 6.42 Å². The molecule has 0 atom stereocenters. The Balaban J connectivity index is 1.68. The molecular formula is C22H24N4O3S. The van der Waals surface area contributed by atoms with Gasteiger partial charge in [-0.25, -0.2) is 8.42 Å². The Kier molecular flexibility index (Phi) is 6.22. The second kappa shape index (κ2) is 8.67. The molecule has 0 saturated carbocycles. The summed E-state index contributed by atoms with van der Waals surface area (Å²) in [6.45, 7) is 4.01. The summed E-state index contributed by atoms with van der Waals surface area (Å²) >= 11 is 0. The quantitative estimate of drug-likeness (QED) is 0.599. The minimum Gasteiger partial charge on any atom is -0.352 e. The maximum atomic E-state index is 12.8. The van der Waals surface area contributed by atoms with Crippen LogP contribution in [0, 0.1) is 26.2 Å². The van der Waals surface area contributed by atoms with Crippen LogP contribution in [-0.4, -0.2) is 26.5 Å². The van der Waals surface area contributed by atoms with Gasteiger partial charge in [0, 0.05) is 37.1 Å². The van der Waals surface area contributed by atoms with E-state index in [1.165, 1.54) is 12.1 Å². The Morgan fingerprint density at radius 3 is 2.57 bits per heavy atom. The zero-order chi connectivity index (χ0) is 21.8. The molecule has 0 fully saturated rings. The first kappa shape index (κ1) is 21.5. The van der Waals surface area contributed by atoms with E-state index >= 15 is 0 Å². The van der Waals surface area contributed by atoms with E-state index in [9.17, 15) is 13.2 Å². The third kappa shape index (κ3) is 5.24. The molecule has 0 aliphatic carbocycles. The van der Waals surface area contributed by atoms with E-state index in [0.717, 1.165) is 5.56 Å². The normalized spacial score (nSPS) is 14.0. The SMILES string of the molecule is C#CCCC1(CCNC(=O)c2cc(S(=O)(=O)Nc3cccc(C)c3)ccc2C)N=N1. The van der Waals surface area contributed by atoms with Crippen LogP contribution in [0.4, 0.5) is 5.69 Å². The number of hydrogen-bond acceptors (Lipinski definition) is 5. The van der Waals surface area contributed by atoms with Crippen LogP contribution >= 0.6 is 0 Å². The van der Waals surface area contributed by atoms with Crippen molar-refractivity contribution < 1.29 is 13.2 Å². The van der Waals surface area contributed by atoms with Gasteiger partial charge >= 0.3 is 0 Å². The molecule has 30 heavy (non-hydrogen) atoms. The van der Waals surface area contributed by atoms with Crippen LogP contribution in [0.25, 0.3) is 0 Å². The van der Waals surface area contributed by atoms with E-state index in [0.29, 0.717) is 42.6 Å². The highest BCUT2D eigenvalue weighted by Crippen LogP contribution is 2.36. The van der Waals surface area contributed by atoms with Gasteiger partial charge in [0.15, 0.2) is 5.66 Å². The number of aryl methyl sites for hydroxylation is 2. The summed E-state index contributed by atoms with van der Waals surface area (Å²) in [5, 5.41) is 10.9. The molecule has 8 heteroatoms. The largest absolute Gasteiger partial charge is 0.352 e. The van der Waals surface area contributed by atoms with Crippen LogP contribution in [0.5, 0.6) is 0 Å². The third-order valence-corrected chi connectivity index (χ3v) is 6.28. The first-order valence-electron chi connectivity index (χ1n) is 9.61. The predicted molar refractivity (Wildman–Crippen MR) is 116 cm³/mol. The third-order valence-electron chi connectivity index (χ3n) is 4.90. The molecule has 7 nitrogen and oxygen atoms in total. The highest BCUT2D eigenvalue weighted by molar-refractivity contribution is 7.92. The van der Waals surface area contributed by atoms with E-state index in [-0.39, 0.29) is 10.8 Å². The van der Waals surface area contributed by atoms with E-state index in [1.807, 2.05) is 13.0 Å². The molecule has 2 aromatic rings. The summed E-state index contributed by atoms with van der Waals surface area (Å²) in [5.74, 6) is 2.23. The molecular weight excluding hydrogens is 400 g/mol. The van der Waals surface area contributed by atoms with Gasteiger partial charge < -0.3 is 5.32 Å². The van der Waals surface area contributed by atoms with Crippen LogP contribution in [-0.2, 0) is 10.0 Å². The number of rotatable bonds is 9. The number of benzene rings is 2. The average molecular weight is 425 g/mol. The van der Waals surface area contributed by atoms with E-state index in [2.05, 4.69) is 26.2 Å². The van der Waals surface area contributed by atoms with Crippen LogP contribution in [0.3, 0.4) is 0 Å². The lowest BCUT2D eigenvalue weighted by Gasteiger charge is -2.13. The first-order valence-corrected chi connectivity index (χ1v) is 11.1.